The van der Waals surface area contributed by atoms with Crippen molar-refractivity contribution < 1.29 is 4.79 Å². The molecule has 1 aromatic rings. The molecule has 0 aliphatic carbocycles. The Bertz CT molecular complexity index is 543. The Kier molecular flexibility index (Phi) is 6.81. The molecule has 2 rings (SSSR count). The van der Waals surface area contributed by atoms with Gasteiger partial charge in [0.1, 0.15) is 0 Å². The van der Waals surface area contributed by atoms with Crippen LogP contribution in [-0.2, 0) is 4.79 Å². The number of carbonyl (C=O) groups is 1. The first-order chi connectivity index (χ1) is 11.4. The van der Waals surface area contributed by atoms with Crippen LogP contribution in [0.2, 0.25) is 0 Å². The molecular formula is C20H33N3O. The molecule has 0 bridgehead atoms. The molecule has 4 heteroatoms. The number of piperidine rings is 1. The lowest BCUT2D eigenvalue weighted by atomic mass is 9.97. The molecule has 0 spiro atoms. The van der Waals surface area contributed by atoms with Gasteiger partial charge in [-0.05, 0) is 63.9 Å². The van der Waals surface area contributed by atoms with Gasteiger partial charge in [0.2, 0.25) is 5.91 Å². The third-order valence-corrected chi connectivity index (χ3v) is 5.15. The van der Waals surface area contributed by atoms with Crippen LogP contribution in [0.15, 0.2) is 24.3 Å². The summed E-state index contributed by atoms with van der Waals surface area (Å²) in [5, 5.41) is 3.13. The smallest absolute Gasteiger partial charge is 0.241 e. The van der Waals surface area contributed by atoms with Gasteiger partial charge in [0.15, 0.2) is 0 Å². The quantitative estimate of drug-likeness (QED) is 0.868. The molecule has 0 saturated carbocycles. The van der Waals surface area contributed by atoms with Crippen LogP contribution in [0.5, 0.6) is 0 Å². The van der Waals surface area contributed by atoms with Crippen molar-refractivity contribution in [1.82, 2.24) is 9.80 Å². The van der Waals surface area contributed by atoms with Gasteiger partial charge in [0.05, 0.1) is 6.04 Å². The monoisotopic (exact) mass is 331 g/mol. The summed E-state index contributed by atoms with van der Waals surface area (Å²) in [6, 6.07) is 7.97. The highest BCUT2D eigenvalue weighted by molar-refractivity contribution is 5.95. The van der Waals surface area contributed by atoms with E-state index in [4.69, 9.17) is 0 Å². The van der Waals surface area contributed by atoms with Crippen molar-refractivity contribution in [2.24, 2.45) is 5.92 Å². The molecule has 2 atom stereocenters. The predicted octanol–water partition coefficient (Wildman–Crippen LogP) is 3.41. The second kappa shape index (κ2) is 8.63. The van der Waals surface area contributed by atoms with Gasteiger partial charge in [0, 0.05) is 18.8 Å². The molecule has 1 N–H and O–H groups in total. The fourth-order valence-corrected chi connectivity index (χ4v) is 3.54. The van der Waals surface area contributed by atoms with Crippen LogP contribution in [0.3, 0.4) is 0 Å². The average Bonchev–Trinajstić information content (AvgIpc) is 2.54. The number of hydrogen-bond donors (Lipinski definition) is 1. The van der Waals surface area contributed by atoms with Crippen molar-refractivity contribution in [3.8, 4) is 0 Å². The van der Waals surface area contributed by atoms with Gasteiger partial charge in [0.25, 0.3) is 0 Å². The molecule has 0 aromatic heterocycles. The molecular weight excluding hydrogens is 298 g/mol. The molecule has 134 valence electrons. The molecule has 1 aliphatic rings. The fourth-order valence-electron chi connectivity index (χ4n) is 3.54. The molecule has 24 heavy (non-hydrogen) atoms. The summed E-state index contributed by atoms with van der Waals surface area (Å²) >= 11 is 0. The van der Waals surface area contributed by atoms with E-state index in [9.17, 15) is 4.79 Å². The molecule has 1 aliphatic heterocycles. The van der Waals surface area contributed by atoms with E-state index in [0.29, 0.717) is 11.8 Å². The van der Waals surface area contributed by atoms with Gasteiger partial charge in [-0.15, -0.1) is 0 Å². The van der Waals surface area contributed by atoms with E-state index >= 15 is 0 Å². The zero-order valence-electron chi connectivity index (χ0n) is 15.9. The summed E-state index contributed by atoms with van der Waals surface area (Å²) in [5.74, 6) is 1.13. The summed E-state index contributed by atoms with van der Waals surface area (Å²) in [4.78, 5) is 17.3. The lowest BCUT2D eigenvalue weighted by Gasteiger charge is -2.34. The molecule has 1 amide bonds. The lowest BCUT2D eigenvalue weighted by molar-refractivity contribution is -0.120. The standard InChI is InChI=1S/C20H33N3O/c1-15(2)18-10-6-7-11-19(18)21-20(24)16(3)23(5)14-17-9-8-12-22(4)13-17/h6-7,10-11,15-17H,8-9,12-14H2,1-5H3,(H,21,24)/t16-,17-/m1/s1. The van der Waals surface area contributed by atoms with E-state index in [-0.39, 0.29) is 11.9 Å². The molecule has 0 radical (unpaired) electrons. The molecule has 1 saturated heterocycles. The number of carbonyl (C=O) groups excluding carboxylic acids is 1. The minimum atomic E-state index is -0.127. The molecule has 1 heterocycles. The van der Waals surface area contributed by atoms with Crippen molar-refractivity contribution in [3.05, 3.63) is 29.8 Å². The second-order valence-electron chi connectivity index (χ2n) is 7.62. The summed E-state index contributed by atoms with van der Waals surface area (Å²) in [7, 11) is 4.25. The van der Waals surface area contributed by atoms with Crippen LogP contribution >= 0.6 is 0 Å². The predicted molar refractivity (Wildman–Crippen MR) is 101 cm³/mol. The zero-order valence-corrected chi connectivity index (χ0v) is 15.9. The van der Waals surface area contributed by atoms with E-state index in [1.54, 1.807) is 0 Å². The van der Waals surface area contributed by atoms with Gasteiger partial charge >= 0.3 is 0 Å². The van der Waals surface area contributed by atoms with Crippen LogP contribution in [-0.4, -0.2) is 55.5 Å². The molecule has 0 unspecified atom stereocenters. The Morgan fingerprint density at radius 3 is 2.71 bits per heavy atom. The Morgan fingerprint density at radius 2 is 2.04 bits per heavy atom. The average molecular weight is 332 g/mol. The highest BCUT2D eigenvalue weighted by Crippen LogP contribution is 2.24. The van der Waals surface area contributed by atoms with Gasteiger partial charge in [-0.3, -0.25) is 9.69 Å². The second-order valence-corrected chi connectivity index (χ2v) is 7.62. The number of nitrogens with one attached hydrogen (secondary N) is 1. The minimum Gasteiger partial charge on any atom is -0.324 e. The SMILES string of the molecule is CC(C)c1ccccc1NC(=O)[C@@H](C)N(C)C[C@@H]1CCCN(C)C1. The number of hydrogen-bond acceptors (Lipinski definition) is 3. The Morgan fingerprint density at radius 1 is 1.33 bits per heavy atom. The number of rotatable bonds is 6. The third-order valence-electron chi connectivity index (χ3n) is 5.15. The van der Waals surface area contributed by atoms with E-state index in [0.717, 1.165) is 18.8 Å². The van der Waals surface area contributed by atoms with Gasteiger partial charge in [-0.2, -0.15) is 0 Å². The Labute approximate surface area is 147 Å². The first kappa shape index (κ1) is 18.9. The van der Waals surface area contributed by atoms with Crippen LogP contribution in [0, 0.1) is 5.92 Å². The van der Waals surface area contributed by atoms with E-state index in [1.165, 1.54) is 24.9 Å². The molecule has 1 aromatic carbocycles. The van der Waals surface area contributed by atoms with Crippen molar-refractivity contribution in [2.45, 2.75) is 45.6 Å². The van der Waals surface area contributed by atoms with Gasteiger partial charge in [-0.1, -0.05) is 32.0 Å². The number of likely N-dealkylation sites (N-methyl/N-ethyl adjacent to an activating group) is 1. The number of likely N-dealkylation sites (tertiary alicyclic amines) is 1. The first-order valence-electron chi connectivity index (χ1n) is 9.17. The normalized spacial score (nSPS) is 20.4. The minimum absolute atomic E-state index is 0.0785. The summed E-state index contributed by atoms with van der Waals surface area (Å²) in [6.07, 6.45) is 2.52. The topological polar surface area (TPSA) is 35.6 Å². The molecule has 4 nitrogen and oxygen atoms in total. The summed E-state index contributed by atoms with van der Waals surface area (Å²) in [6.45, 7) is 9.61. The van der Waals surface area contributed by atoms with Crippen molar-refractivity contribution in [2.75, 3.05) is 39.0 Å². The van der Waals surface area contributed by atoms with E-state index < -0.39 is 0 Å². The van der Waals surface area contributed by atoms with Gasteiger partial charge < -0.3 is 10.2 Å². The highest BCUT2D eigenvalue weighted by atomic mass is 16.2. The first-order valence-corrected chi connectivity index (χ1v) is 9.17. The maximum Gasteiger partial charge on any atom is 0.241 e. The zero-order chi connectivity index (χ0) is 17.7. The number of benzene rings is 1. The maximum absolute atomic E-state index is 12.7. The van der Waals surface area contributed by atoms with Crippen molar-refractivity contribution >= 4 is 11.6 Å². The number of amides is 1. The van der Waals surface area contributed by atoms with Crippen LogP contribution in [0.1, 0.15) is 45.1 Å². The number of anilines is 1. The fraction of sp³-hybridized carbons (Fsp3) is 0.650. The maximum atomic E-state index is 12.7. The third kappa shape index (κ3) is 5.05. The Balaban J connectivity index is 1.94. The molecule has 1 fully saturated rings. The summed E-state index contributed by atoms with van der Waals surface area (Å²) in [5.41, 5.74) is 2.13. The largest absolute Gasteiger partial charge is 0.324 e. The van der Waals surface area contributed by atoms with Crippen LogP contribution in [0.4, 0.5) is 5.69 Å². The van der Waals surface area contributed by atoms with Gasteiger partial charge in [-0.25, -0.2) is 0 Å². The van der Waals surface area contributed by atoms with Crippen molar-refractivity contribution in [1.29, 1.82) is 0 Å². The lowest BCUT2D eigenvalue weighted by Crippen LogP contribution is -2.45. The van der Waals surface area contributed by atoms with Crippen molar-refractivity contribution in [3.63, 3.8) is 0 Å². The summed E-state index contributed by atoms with van der Waals surface area (Å²) < 4.78 is 0. The van der Waals surface area contributed by atoms with Crippen LogP contribution < -0.4 is 5.32 Å². The van der Waals surface area contributed by atoms with E-state index in [1.807, 2.05) is 25.1 Å². The van der Waals surface area contributed by atoms with E-state index in [2.05, 4.69) is 49.1 Å². The number of nitrogens with zero attached hydrogens (tertiary/aromatic N) is 2. The number of para-hydroxylation sites is 1. The highest BCUT2D eigenvalue weighted by Gasteiger charge is 2.24. The Hall–Kier alpha value is -1.39. The van der Waals surface area contributed by atoms with Crippen LogP contribution in [0.25, 0.3) is 0 Å².